The van der Waals surface area contributed by atoms with Gasteiger partial charge in [-0.2, -0.15) is 0 Å². The van der Waals surface area contributed by atoms with Gasteiger partial charge < -0.3 is 15.5 Å². The van der Waals surface area contributed by atoms with Crippen LogP contribution in [0, 0.1) is 16.0 Å². The molecule has 184 valence electrons. The lowest BCUT2D eigenvalue weighted by atomic mass is 9.98. The Morgan fingerprint density at radius 1 is 1.26 bits per heavy atom. The molecule has 1 aliphatic heterocycles. The van der Waals surface area contributed by atoms with Crippen molar-refractivity contribution >= 4 is 28.8 Å². The summed E-state index contributed by atoms with van der Waals surface area (Å²) in [5.41, 5.74) is 4.98. The maximum atomic E-state index is 13.4. The minimum atomic E-state index is -0.779. The third-order valence-corrected chi connectivity index (χ3v) is 6.32. The van der Waals surface area contributed by atoms with E-state index in [-0.39, 0.29) is 29.3 Å². The van der Waals surface area contributed by atoms with Gasteiger partial charge >= 0.3 is 5.69 Å². The number of nitrogens with two attached hydrogens (primary N) is 1. The molecule has 3 rings (SSSR count). The number of carbonyl (C=O) groups excluding carboxylic acids is 1. The van der Waals surface area contributed by atoms with Crippen molar-refractivity contribution in [2.45, 2.75) is 53.0 Å². The van der Waals surface area contributed by atoms with E-state index in [4.69, 9.17) is 5.73 Å². The quantitative estimate of drug-likeness (QED) is 0.443. The number of benzene rings is 1. The number of H-pyrrole nitrogens is 1. The fourth-order valence-electron chi connectivity index (χ4n) is 4.26. The predicted octanol–water partition coefficient (Wildman–Crippen LogP) is 2.73. The van der Waals surface area contributed by atoms with Gasteiger partial charge in [-0.25, -0.2) is 4.79 Å². The molecule has 3 N–H and O–H groups in total. The van der Waals surface area contributed by atoms with E-state index in [1.807, 2.05) is 11.8 Å². The summed E-state index contributed by atoms with van der Waals surface area (Å²) < 4.78 is 1.24. The SMILES string of the molecule is CCCCn1c(N)c(N(CC)C(=O)c2ccc(N3CCC(C)CC3)c([N+](=O)[O-])c2)c(=O)[nH]c1=O. The summed E-state index contributed by atoms with van der Waals surface area (Å²) >= 11 is 0. The number of anilines is 3. The summed E-state index contributed by atoms with van der Waals surface area (Å²) in [5, 5.41) is 11.8. The molecule has 2 aromatic rings. The zero-order valence-electron chi connectivity index (χ0n) is 19.9. The fraction of sp³-hybridized carbons (Fsp3) is 0.522. The molecule has 1 saturated heterocycles. The Bertz CT molecular complexity index is 1180. The van der Waals surface area contributed by atoms with E-state index in [0.29, 0.717) is 37.7 Å². The largest absolute Gasteiger partial charge is 0.383 e. The fourth-order valence-corrected chi connectivity index (χ4v) is 4.26. The van der Waals surface area contributed by atoms with Crippen molar-refractivity contribution in [2.24, 2.45) is 5.92 Å². The zero-order valence-corrected chi connectivity index (χ0v) is 19.9. The first-order valence-electron chi connectivity index (χ1n) is 11.7. The highest BCUT2D eigenvalue weighted by molar-refractivity contribution is 6.08. The number of hydrogen-bond acceptors (Lipinski definition) is 7. The molecule has 1 amide bonds. The Morgan fingerprint density at radius 2 is 1.94 bits per heavy atom. The average Bonchev–Trinajstić information content (AvgIpc) is 2.81. The van der Waals surface area contributed by atoms with Crippen molar-refractivity contribution in [3.05, 3.63) is 54.7 Å². The number of carbonyl (C=O) groups is 1. The number of aromatic amines is 1. The Hall–Kier alpha value is -3.63. The highest BCUT2D eigenvalue weighted by Crippen LogP contribution is 2.33. The molecule has 0 bridgehead atoms. The molecule has 34 heavy (non-hydrogen) atoms. The molecule has 1 aliphatic rings. The van der Waals surface area contributed by atoms with Crippen molar-refractivity contribution in [2.75, 3.05) is 35.2 Å². The van der Waals surface area contributed by atoms with E-state index >= 15 is 0 Å². The number of nitro benzene ring substituents is 1. The summed E-state index contributed by atoms with van der Waals surface area (Å²) in [5.74, 6) is -0.147. The predicted molar refractivity (Wildman–Crippen MR) is 132 cm³/mol. The van der Waals surface area contributed by atoms with Crippen LogP contribution in [0.3, 0.4) is 0 Å². The molecular weight excluding hydrogens is 440 g/mol. The maximum absolute atomic E-state index is 13.4. The van der Waals surface area contributed by atoms with E-state index < -0.39 is 22.1 Å². The number of rotatable bonds is 8. The van der Waals surface area contributed by atoms with Crippen LogP contribution < -0.4 is 26.8 Å². The molecule has 11 heteroatoms. The second kappa shape index (κ2) is 10.5. The van der Waals surface area contributed by atoms with Crippen LogP contribution in [0.4, 0.5) is 22.9 Å². The van der Waals surface area contributed by atoms with E-state index in [9.17, 15) is 24.5 Å². The minimum absolute atomic E-state index is 0.0628. The standard InChI is InChI=1S/C23H32N6O5/c1-4-6-11-28-20(24)19(21(30)25-23(28)32)27(5-2)22(31)16-7-8-17(18(14-16)29(33)34)26-12-9-15(3)10-13-26/h7-8,14-15H,4-6,9-13,24H2,1-3H3,(H,25,30,32). The van der Waals surface area contributed by atoms with Crippen LogP contribution in [0.2, 0.25) is 0 Å². The maximum Gasteiger partial charge on any atom is 0.330 e. The molecule has 1 fully saturated rings. The molecular formula is C23H32N6O5. The first-order valence-corrected chi connectivity index (χ1v) is 11.7. The number of nitrogens with one attached hydrogen (secondary N) is 1. The van der Waals surface area contributed by atoms with Gasteiger partial charge in [0.2, 0.25) is 0 Å². The highest BCUT2D eigenvalue weighted by Gasteiger charge is 2.28. The monoisotopic (exact) mass is 472 g/mol. The summed E-state index contributed by atoms with van der Waals surface area (Å²) in [6.07, 6.45) is 3.36. The second-order valence-electron chi connectivity index (χ2n) is 8.68. The summed E-state index contributed by atoms with van der Waals surface area (Å²) in [7, 11) is 0. The number of amides is 1. The van der Waals surface area contributed by atoms with Gasteiger partial charge in [-0.15, -0.1) is 0 Å². The summed E-state index contributed by atoms with van der Waals surface area (Å²) in [6.45, 7) is 7.57. The second-order valence-corrected chi connectivity index (χ2v) is 8.68. The van der Waals surface area contributed by atoms with Gasteiger partial charge in [-0.1, -0.05) is 20.3 Å². The van der Waals surface area contributed by atoms with Gasteiger partial charge in [0.1, 0.15) is 11.5 Å². The number of hydrogen-bond donors (Lipinski definition) is 2. The number of nitro groups is 1. The molecule has 1 aromatic carbocycles. The molecule has 0 aliphatic carbocycles. The molecule has 1 aromatic heterocycles. The van der Waals surface area contributed by atoms with Gasteiger partial charge in [0.15, 0.2) is 5.69 Å². The molecule has 0 radical (unpaired) electrons. The average molecular weight is 473 g/mol. The van der Waals surface area contributed by atoms with Crippen molar-refractivity contribution in [1.29, 1.82) is 0 Å². The van der Waals surface area contributed by atoms with Crippen LogP contribution in [0.5, 0.6) is 0 Å². The van der Waals surface area contributed by atoms with Crippen molar-refractivity contribution < 1.29 is 9.72 Å². The molecule has 0 spiro atoms. The lowest BCUT2D eigenvalue weighted by Gasteiger charge is -2.32. The number of aromatic nitrogens is 2. The highest BCUT2D eigenvalue weighted by atomic mass is 16.6. The number of unbranched alkanes of at least 4 members (excludes halogenated alkanes) is 1. The van der Waals surface area contributed by atoms with E-state index in [0.717, 1.165) is 24.2 Å². The number of piperidine rings is 1. The van der Waals surface area contributed by atoms with E-state index in [1.165, 1.54) is 16.7 Å². The molecule has 0 atom stereocenters. The zero-order chi connectivity index (χ0) is 25.0. The van der Waals surface area contributed by atoms with E-state index in [2.05, 4.69) is 11.9 Å². The first-order chi connectivity index (χ1) is 16.2. The van der Waals surface area contributed by atoms with E-state index in [1.54, 1.807) is 13.0 Å². The summed E-state index contributed by atoms with van der Waals surface area (Å²) in [4.78, 5) is 55.0. The third-order valence-electron chi connectivity index (χ3n) is 6.32. The number of nitrogens with zero attached hydrogens (tertiary/aromatic N) is 4. The van der Waals surface area contributed by atoms with Crippen molar-refractivity contribution in [1.82, 2.24) is 9.55 Å². The van der Waals surface area contributed by atoms with Crippen LogP contribution in [0.25, 0.3) is 0 Å². The lowest BCUT2D eigenvalue weighted by Crippen LogP contribution is -2.41. The van der Waals surface area contributed by atoms with Gasteiger partial charge in [0.25, 0.3) is 17.2 Å². The van der Waals surface area contributed by atoms with Gasteiger partial charge in [0.05, 0.1) is 4.92 Å². The lowest BCUT2D eigenvalue weighted by molar-refractivity contribution is -0.384. The topological polar surface area (TPSA) is 148 Å². The first kappa shape index (κ1) is 25.0. The van der Waals surface area contributed by atoms with Crippen molar-refractivity contribution in [3.8, 4) is 0 Å². The Kier molecular flexibility index (Phi) is 7.75. The van der Waals surface area contributed by atoms with Gasteiger partial charge in [-0.05, 0) is 44.2 Å². The van der Waals surface area contributed by atoms with Crippen LogP contribution in [0.1, 0.15) is 56.8 Å². The molecule has 0 saturated carbocycles. The third kappa shape index (κ3) is 4.97. The number of nitrogen functional groups attached to an aromatic ring is 1. The molecule has 11 nitrogen and oxygen atoms in total. The molecule has 2 heterocycles. The van der Waals surface area contributed by atoms with Crippen LogP contribution in [-0.2, 0) is 6.54 Å². The minimum Gasteiger partial charge on any atom is -0.383 e. The van der Waals surface area contributed by atoms with Crippen molar-refractivity contribution in [3.63, 3.8) is 0 Å². The van der Waals surface area contributed by atoms with Gasteiger partial charge in [0, 0.05) is 37.8 Å². The van der Waals surface area contributed by atoms with Crippen LogP contribution in [0.15, 0.2) is 27.8 Å². The molecule has 0 unspecified atom stereocenters. The smallest absolute Gasteiger partial charge is 0.330 e. The van der Waals surface area contributed by atoms with Crippen LogP contribution in [-0.4, -0.2) is 40.0 Å². The Balaban J connectivity index is 2.01. The normalized spacial score (nSPS) is 14.3. The Labute approximate surface area is 197 Å². The Morgan fingerprint density at radius 3 is 2.53 bits per heavy atom. The summed E-state index contributed by atoms with van der Waals surface area (Å²) in [6, 6.07) is 4.36. The van der Waals surface area contributed by atoms with Crippen LogP contribution >= 0.6 is 0 Å². The van der Waals surface area contributed by atoms with Gasteiger partial charge in [-0.3, -0.25) is 29.3 Å².